The van der Waals surface area contributed by atoms with Crippen LogP contribution in [0, 0.1) is 0 Å². The maximum Gasteiger partial charge on any atom is 0.238 e. The number of aromatic nitrogens is 4. The van der Waals surface area contributed by atoms with Crippen LogP contribution in [0.4, 0.5) is 0 Å². The minimum absolute atomic E-state index is 0.114. The molecule has 0 N–H and O–H groups in total. The van der Waals surface area contributed by atoms with Crippen molar-refractivity contribution in [3.05, 3.63) is 193 Å². The molecular formula is C56H42N4. The zero-order valence-electron chi connectivity index (χ0n) is 34.1. The molecule has 9 aromatic carbocycles. The van der Waals surface area contributed by atoms with E-state index in [9.17, 15) is 0 Å². The Labute approximate surface area is 349 Å². The van der Waals surface area contributed by atoms with E-state index in [0.717, 1.165) is 54.8 Å². The highest BCUT2D eigenvalue weighted by Gasteiger charge is 2.36. The van der Waals surface area contributed by atoms with Crippen molar-refractivity contribution in [2.24, 2.45) is 0 Å². The highest BCUT2D eigenvalue weighted by Crippen LogP contribution is 2.52. The summed E-state index contributed by atoms with van der Waals surface area (Å²) in [7, 11) is 0. The van der Waals surface area contributed by atoms with Gasteiger partial charge in [-0.1, -0.05) is 185 Å². The number of nitrogens with zero attached hydrogens (tertiary/aromatic N) is 4. The van der Waals surface area contributed by atoms with Crippen LogP contribution in [0.1, 0.15) is 38.8 Å². The number of benzene rings is 9. The van der Waals surface area contributed by atoms with Gasteiger partial charge in [0.05, 0.1) is 11.0 Å². The lowest BCUT2D eigenvalue weighted by molar-refractivity contribution is 0.661. The quantitative estimate of drug-likeness (QED) is 0.179. The van der Waals surface area contributed by atoms with Gasteiger partial charge in [-0.25, -0.2) is 4.98 Å². The average molecular weight is 771 g/mol. The van der Waals surface area contributed by atoms with Crippen LogP contribution >= 0.6 is 0 Å². The summed E-state index contributed by atoms with van der Waals surface area (Å²) in [6.45, 7) is 8.71. The van der Waals surface area contributed by atoms with E-state index in [0.29, 0.717) is 17.6 Å². The molecule has 0 aliphatic heterocycles. The average Bonchev–Trinajstić information content (AvgIpc) is 3.77. The number of rotatable bonds is 4. The molecule has 0 bridgehead atoms. The first kappa shape index (κ1) is 35.7. The molecule has 0 saturated heterocycles. The first-order valence-corrected chi connectivity index (χ1v) is 20.9. The van der Waals surface area contributed by atoms with Crippen molar-refractivity contribution in [2.75, 3.05) is 0 Å². The number of fused-ring (bicyclic) bond motifs is 10. The number of hydrogen-bond donors (Lipinski definition) is 0. The molecule has 0 radical (unpaired) electrons. The van der Waals surface area contributed by atoms with Crippen LogP contribution in [0.3, 0.4) is 0 Å². The second kappa shape index (κ2) is 13.9. The third kappa shape index (κ3) is 5.48. The Bertz CT molecular complexity index is 3400. The predicted octanol–water partition coefficient (Wildman–Crippen LogP) is 14.8. The van der Waals surface area contributed by atoms with Crippen molar-refractivity contribution in [1.29, 1.82) is 0 Å². The zero-order valence-corrected chi connectivity index (χ0v) is 34.1. The lowest BCUT2D eigenvalue weighted by atomic mass is 9.82. The van der Waals surface area contributed by atoms with Gasteiger partial charge in [-0.15, -0.1) is 0 Å². The minimum Gasteiger partial charge on any atom is -0.277 e. The number of hydrogen-bond acceptors (Lipinski definition) is 3. The first-order chi connectivity index (χ1) is 29.5. The van der Waals surface area contributed by atoms with Crippen molar-refractivity contribution >= 4 is 54.1 Å². The van der Waals surface area contributed by atoms with E-state index < -0.39 is 0 Å². The van der Waals surface area contributed by atoms with E-state index in [4.69, 9.17) is 15.0 Å². The van der Waals surface area contributed by atoms with Gasteiger partial charge >= 0.3 is 0 Å². The highest BCUT2D eigenvalue weighted by atomic mass is 15.2. The topological polar surface area (TPSA) is 43.6 Å². The van der Waals surface area contributed by atoms with Crippen LogP contribution in [-0.4, -0.2) is 19.5 Å². The van der Waals surface area contributed by atoms with Gasteiger partial charge in [0, 0.05) is 32.9 Å². The van der Waals surface area contributed by atoms with Crippen molar-refractivity contribution in [2.45, 2.75) is 33.1 Å². The molecule has 0 fully saturated rings. The lowest BCUT2D eigenvalue weighted by Crippen LogP contribution is -2.14. The summed E-state index contributed by atoms with van der Waals surface area (Å²) in [5.41, 5.74) is 11.5. The fraction of sp³-hybridized carbons (Fsp3) is 0.0893. The lowest BCUT2D eigenvalue weighted by Gasteiger charge is -2.21. The Morgan fingerprint density at radius 1 is 0.400 bits per heavy atom. The van der Waals surface area contributed by atoms with Crippen LogP contribution in [0.5, 0.6) is 0 Å². The van der Waals surface area contributed by atoms with E-state index in [1.807, 2.05) is 13.8 Å². The van der Waals surface area contributed by atoms with E-state index in [1.165, 1.54) is 43.8 Å². The molecule has 0 saturated carbocycles. The molecule has 0 atom stereocenters. The van der Waals surface area contributed by atoms with Gasteiger partial charge in [0.25, 0.3) is 0 Å². The fourth-order valence-electron chi connectivity index (χ4n) is 9.53. The second-order valence-electron chi connectivity index (χ2n) is 16.1. The van der Waals surface area contributed by atoms with Crippen LogP contribution in [0.25, 0.3) is 105 Å². The molecule has 0 spiro atoms. The van der Waals surface area contributed by atoms with Crippen LogP contribution in [-0.2, 0) is 5.41 Å². The normalized spacial score (nSPS) is 12.8. The van der Waals surface area contributed by atoms with Crippen molar-refractivity contribution in [1.82, 2.24) is 19.5 Å². The van der Waals surface area contributed by atoms with Crippen molar-refractivity contribution in [3.63, 3.8) is 0 Å². The van der Waals surface area contributed by atoms with Crippen molar-refractivity contribution in [3.8, 4) is 51.0 Å². The van der Waals surface area contributed by atoms with Gasteiger partial charge in [-0.05, 0) is 84.4 Å². The molecule has 12 rings (SSSR count). The Kier molecular flexibility index (Phi) is 8.25. The van der Waals surface area contributed by atoms with Crippen LogP contribution in [0.15, 0.2) is 182 Å². The first-order valence-electron chi connectivity index (χ1n) is 20.9. The molecule has 60 heavy (non-hydrogen) atoms. The summed E-state index contributed by atoms with van der Waals surface area (Å²) >= 11 is 0. The van der Waals surface area contributed by atoms with Gasteiger partial charge in [0.1, 0.15) is 0 Å². The predicted molar refractivity (Wildman–Crippen MR) is 252 cm³/mol. The number of para-hydroxylation sites is 2. The van der Waals surface area contributed by atoms with Gasteiger partial charge < -0.3 is 0 Å². The maximum atomic E-state index is 5.36. The Hall–Kier alpha value is -7.43. The van der Waals surface area contributed by atoms with Gasteiger partial charge in [-0.3, -0.25) is 4.57 Å². The molecule has 4 nitrogen and oxygen atoms in total. The molecule has 2 aromatic heterocycles. The molecular weight excluding hydrogens is 729 g/mol. The van der Waals surface area contributed by atoms with E-state index in [2.05, 4.69) is 200 Å². The van der Waals surface area contributed by atoms with Gasteiger partial charge in [0.15, 0.2) is 11.6 Å². The maximum absolute atomic E-state index is 5.36. The highest BCUT2D eigenvalue weighted by molar-refractivity contribution is 6.14. The molecule has 0 amide bonds. The van der Waals surface area contributed by atoms with E-state index >= 15 is 0 Å². The van der Waals surface area contributed by atoms with E-state index in [1.54, 1.807) is 0 Å². The van der Waals surface area contributed by atoms with Crippen LogP contribution in [0.2, 0.25) is 0 Å². The SMILES string of the molecule is CC.CC1(C)c2ccc(-c3cccc4c5ccccc5n(-c5nc(-c6ccc7ccccc7c6)nc(-c6ccc7ccccc7c6)n5)c34)cc2-c2c1ccc1ccccc21. The zero-order chi connectivity index (χ0) is 40.5. The van der Waals surface area contributed by atoms with Gasteiger partial charge in [0.2, 0.25) is 5.95 Å². The summed E-state index contributed by atoms with van der Waals surface area (Å²) in [6, 6.07) is 65.5. The molecule has 11 aromatic rings. The Morgan fingerprint density at radius 2 is 0.933 bits per heavy atom. The summed E-state index contributed by atoms with van der Waals surface area (Å²) in [5.74, 6) is 1.84. The van der Waals surface area contributed by atoms with Crippen LogP contribution < -0.4 is 0 Å². The smallest absolute Gasteiger partial charge is 0.238 e. The molecule has 0 unspecified atom stereocenters. The third-order valence-electron chi connectivity index (χ3n) is 12.4. The molecule has 4 heteroatoms. The Morgan fingerprint density at radius 3 is 1.62 bits per heavy atom. The Balaban J connectivity index is 0.00000201. The monoisotopic (exact) mass is 770 g/mol. The van der Waals surface area contributed by atoms with Crippen molar-refractivity contribution < 1.29 is 0 Å². The summed E-state index contributed by atoms with van der Waals surface area (Å²) in [4.78, 5) is 15.9. The fourth-order valence-corrected chi connectivity index (χ4v) is 9.53. The second-order valence-corrected chi connectivity index (χ2v) is 16.1. The third-order valence-corrected chi connectivity index (χ3v) is 12.4. The largest absolute Gasteiger partial charge is 0.277 e. The van der Waals surface area contributed by atoms with E-state index in [-0.39, 0.29) is 5.41 Å². The molecule has 286 valence electrons. The van der Waals surface area contributed by atoms with Gasteiger partial charge in [-0.2, -0.15) is 9.97 Å². The molecule has 2 heterocycles. The standard InChI is InChI=1S/C54H36N4.C2H6/c1-54(2)46-28-27-38(32-45(46)49-41-17-8-7-14-35(41)26-29-47(49)54)42-19-11-20-44-43-18-9-10-21-48(43)58(50(42)44)53-56-51(39-24-22-33-12-3-5-15-36(33)30-39)55-52(57-53)40-25-23-34-13-4-6-16-37(34)31-40;1-2/h3-32H,1-2H3;1-2H3. The molecule has 1 aliphatic carbocycles. The molecule has 1 aliphatic rings. The summed E-state index contributed by atoms with van der Waals surface area (Å²) < 4.78 is 2.26. The minimum atomic E-state index is -0.114. The summed E-state index contributed by atoms with van der Waals surface area (Å²) in [5, 5.41) is 9.50. The summed E-state index contributed by atoms with van der Waals surface area (Å²) in [6.07, 6.45) is 0.